The van der Waals surface area contributed by atoms with Gasteiger partial charge in [-0.05, 0) is 47.2 Å². The van der Waals surface area contributed by atoms with E-state index >= 15 is 0 Å². The van der Waals surface area contributed by atoms with Gasteiger partial charge in [-0.1, -0.05) is 30.3 Å². The molecule has 1 aliphatic rings. The van der Waals surface area contributed by atoms with Gasteiger partial charge in [0.05, 0.1) is 37.1 Å². The number of carbonyl (C=O) groups excluding carboxylic acids is 1. The molecule has 0 radical (unpaired) electrons. The van der Waals surface area contributed by atoms with Crippen molar-refractivity contribution in [3.63, 3.8) is 0 Å². The third-order valence-corrected chi connectivity index (χ3v) is 4.89. The summed E-state index contributed by atoms with van der Waals surface area (Å²) in [5.41, 5.74) is 2.40. The highest BCUT2D eigenvalue weighted by atomic mass is 16.5. The average Bonchev–Trinajstić information content (AvgIpc) is 3.25. The van der Waals surface area contributed by atoms with Crippen molar-refractivity contribution in [2.24, 2.45) is 0 Å². The second kappa shape index (κ2) is 8.93. The average molecular weight is 393 g/mol. The van der Waals surface area contributed by atoms with Gasteiger partial charge >= 0.3 is 5.97 Å². The highest BCUT2D eigenvalue weighted by Crippen LogP contribution is 2.29. The molecular formula is C21H23N5O3. The summed E-state index contributed by atoms with van der Waals surface area (Å²) in [6, 6.07) is 17.2. The Labute approximate surface area is 169 Å². The Morgan fingerprint density at radius 2 is 1.83 bits per heavy atom. The summed E-state index contributed by atoms with van der Waals surface area (Å²) in [6.07, 6.45) is 0. The van der Waals surface area contributed by atoms with Crippen LogP contribution in [0.3, 0.4) is 0 Å². The minimum absolute atomic E-state index is 0.0974. The molecule has 0 saturated carbocycles. The number of carbonyl (C=O) groups is 1. The molecule has 0 N–H and O–H groups in total. The lowest BCUT2D eigenvalue weighted by molar-refractivity contribution is 0.0220. The summed E-state index contributed by atoms with van der Waals surface area (Å²) in [5, 5.41) is 12.5. The Morgan fingerprint density at radius 3 is 2.52 bits per heavy atom. The zero-order valence-electron chi connectivity index (χ0n) is 16.3. The Morgan fingerprint density at radius 1 is 1.10 bits per heavy atom. The van der Waals surface area contributed by atoms with Gasteiger partial charge in [-0.25, -0.2) is 4.79 Å². The SMILES string of the molecule is CCOC(=O)c1ccc(-n2nnnc2[C@@H](c2ccccc2)N2CCOCC2)cc1. The molecule has 8 nitrogen and oxygen atoms in total. The van der Waals surface area contributed by atoms with Gasteiger partial charge in [-0.15, -0.1) is 5.10 Å². The molecule has 0 spiro atoms. The topological polar surface area (TPSA) is 82.4 Å². The van der Waals surface area contributed by atoms with Gasteiger partial charge < -0.3 is 9.47 Å². The summed E-state index contributed by atoms with van der Waals surface area (Å²) in [5.74, 6) is 0.383. The van der Waals surface area contributed by atoms with Crippen molar-refractivity contribution in [3.8, 4) is 5.69 Å². The highest BCUT2D eigenvalue weighted by molar-refractivity contribution is 5.89. The maximum absolute atomic E-state index is 11.9. The van der Waals surface area contributed by atoms with E-state index in [1.165, 1.54) is 0 Å². The number of aromatic nitrogens is 4. The van der Waals surface area contributed by atoms with Crippen molar-refractivity contribution in [3.05, 3.63) is 71.5 Å². The smallest absolute Gasteiger partial charge is 0.338 e. The molecule has 1 aliphatic heterocycles. The fourth-order valence-corrected chi connectivity index (χ4v) is 3.50. The third-order valence-electron chi connectivity index (χ3n) is 4.89. The zero-order valence-corrected chi connectivity index (χ0v) is 16.3. The van der Waals surface area contributed by atoms with Crippen LogP contribution in [-0.4, -0.2) is 64.0 Å². The number of benzene rings is 2. The molecule has 1 atom stereocenters. The number of morpholine rings is 1. The van der Waals surface area contributed by atoms with Crippen molar-refractivity contribution >= 4 is 5.97 Å². The summed E-state index contributed by atoms with van der Waals surface area (Å²) >= 11 is 0. The van der Waals surface area contributed by atoms with E-state index < -0.39 is 0 Å². The van der Waals surface area contributed by atoms with Crippen molar-refractivity contribution in [2.75, 3.05) is 32.9 Å². The van der Waals surface area contributed by atoms with E-state index in [-0.39, 0.29) is 12.0 Å². The van der Waals surface area contributed by atoms with Gasteiger partial charge in [0, 0.05) is 13.1 Å². The number of rotatable bonds is 6. The number of tetrazole rings is 1. The lowest BCUT2D eigenvalue weighted by atomic mass is 10.0. The molecule has 2 heterocycles. The summed E-state index contributed by atoms with van der Waals surface area (Å²) in [4.78, 5) is 14.2. The predicted molar refractivity (Wildman–Crippen MR) is 106 cm³/mol. The first-order valence-electron chi connectivity index (χ1n) is 9.70. The number of ether oxygens (including phenoxy) is 2. The lowest BCUT2D eigenvalue weighted by Crippen LogP contribution is -2.40. The van der Waals surface area contributed by atoms with Gasteiger partial charge in [0.2, 0.25) is 0 Å². The van der Waals surface area contributed by atoms with E-state index in [4.69, 9.17) is 9.47 Å². The third kappa shape index (κ3) is 4.18. The summed E-state index contributed by atoms with van der Waals surface area (Å²) in [7, 11) is 0. The first-order chi connectivity index (χ1) is 14.3. The molecule has 150 valence electrons. The van der Waals surface area contributed by atoms with E-state index in [1.54, 1.807) is 23.7 Å². The van der Waals surface area contributed by atoms with Crippen molar-refractivity contribution in [1.82, 2.24) is 25.1 Å². The number of hydrogen-bond acceptors (Lipinski definition) is 7. The Balaban J connectivity index is 1.69. The fraction of sp³-hybridized carbons (Fsp3) is 0.333. The Hall–Kier alpha value is -3.10. The quantitative estimate of drug-likeness (QED) is 0.594. The van der Waals surface area contributed by atoms with E-state index in [0.717, 1.165) is 30.2 Å². The molecule has 0 unspecified atom stereocenters. The van der Waals surface area contributed by atoms with Crippen LogP contribution in [0.1, 0.15) is 34.7 Å². The second-order valence-electron chi connectivity index (χ2n) is 6.68. The van der Waals surface area contributed by atoms with Crippen LogP contribution in [0.4, 0.5) is 0 Å². The molecule has 1 saturated heterocycles. The van der Waals surface area contributed by atoms with E-state index in [0.29, 0.717) is 25.4 Å². The number of nitrogens with zero attached hydrogens (tertiary/aromatic N) is 5. The highest BCUT2D eigenvalue weighted by Gasteiger charge is 2.29. The molecule has 29 heavy (non-hydrogen) atoms. The molecule has 1 fully saturated rings. The molecule has 8 heteroatoms. The Bertz CT molecular complexity index is 936. The maximum Gasteiger partial charge on any atom is 0.338 e. The van der Waals surface area contributed by atoms with Gasteiger partial charge in [0.25, 0.3) is 0 Å². The molecule has 2 aromatic carbocycles. The second-order valence-corrected chi connectivity index (χ2v) is 6.68. The number of hydrogen-bond donors (Lipinski definition) is 0. The molecule has 0 bridgehead atoms. The van der Waals surface area contributed by atoms with Gasteiger partial charge in [0.15, 0.2) is 5.82 Å². The van der Waals surface area contributed by atoms with Gasteiger partial charge in [0.1, 0.15) is 0 Å². The zero-order chi connectivity index (χ0) is 20.1. The van der Waals surface area contributed by atoms with Gasteiger partial charge in [-0.3, -0.25) is 4.90 Å². The predicted octanol–water partition coefficient (Wildman–Crippen LogP) is 2.26. The van der Waals surface area contributed by atoms with Crippen molar-refractivity contribution in [1.29, 1.82) is 0 Å². The van der Waals surface area contributed by atoms with Crippen LogP contribution in [0.2, 0.25) is 0 Å². The molecule has 0 aliphatic carbocycles. The molecule has 3 aromatic rings. The minimum Gasteiger partial charge on any atom is -0.462 e. The molecule has 4 rings (SSSR count). The van der Waals surface area contributed by atoms with Crippen LogP contribution in [-0.2, 0) is 9.47 Å². The van der Waals surface area contributed by atoms with Crippen LogP contribution < -0.4 is 0 Å². The minimum atomic E-state index is -0.341. The standard InChI is InChI=1S/C21H23N5O3/c1-2-29-21(27)17-8-10-18(11-9-17)26-20(22-23-24-26)19(16-6-4-3-5-7-16)25-12-14-28-15-13-25/h3-11,19H,2,12-15H2,1H3/t19-/m1/s1. The van der Waals surface area contributed by atoms with Gasteiger partial charge in [-0.2, -0.15) is 4.68 Å². The van der Waals surface area contributed by atoms with Crippen LogP contribution in [0.15, 0.2) is 54.6 Å². The monoisotopic (exact) mass is 393 g/mol. The van der Waals surface area contributed by atoms with E-state index in [1.807, 2.05) is 30.3 Å². The summed E-state index contributed by atoms with van der Waals surface area (Å²) < 4.78 is 12.3. The molecular weight excluding hydrogens is 370 g/mol. The number of esters is 1. The first-order valence-corrected chi connectivity index (χ1v) is 9.70. The largest absolute Gasteiger partial charge is 0.462 e. The fourth-order valence-electron chi connectivity index (χ4n) is 3.50. The molecule has 0 amide bonds. The van der Waals surface area contributed by atoms with E-state index in [9.17, 15) is 4.79 Å². The van der Waals surface area contributed by atoms with Crippen LogP contribution in [0.5, 0.6) is 0 Å². The van der Waals surface area contributed by atoms with Crippen LogP contribution in [0.25, 0.3) is 5.69 Å². The lowest BCUT2D eigenvalue weighted by Gasteiger charge is -2.33. The Kier molecular flexibility index (Phi) is 5.92. The summed E-state index contributed by atoms with van der Waals surface area (Å²) in [6.45, 7) is 5.09. The normalized spacial score (nSPS) is 15.8. The van der Waals surface area contributed by atoms with Crippen molar-refractivity contribution < 1.29 is 14.3 Å². The maximum atomic E-state index is 11.9. The van der Waals surface area contributed by atoms with Crippen LogP contribution >= 0.6 is 0 Å². The van der Waals surface area contributed by atoms with Crippen molar-refractivity contribution in [2.45, 2.75) is 13.0 Å². The first kappa shape index (κ1) is 19.2. The van der Waals surface area contributed by atoms with Crippen LogP contribution in [0, 0.1) is 0 Å². The van der Waals surface area contributed by atoms with E-state index in [2.05, 4.69) is 32.6 Å². The molecule has 1 aromatic heterocycles.